The fraction of sp³-hybridized carbons (Fsp3) is 0.375. The molecule has 6 nitrogen and oxygen atoms in total. The minimum Gasteiger partial charge on any atom is -0.494 e. The number of benzene rings is 2. The van der Waals surface area contributed by atoms with Crippen molar-refractivity contribution >= 4 is 23.3 Å². The molecule has 0 atom stereocenters. The Morgan fingerprint density at radius 1 is 0.933 bits per heavy atom. The normalized spacial score (nSPS) is 10.5. The standard InChI is InChI=1S/C24H29NO5/c1-4-15-29-21-11-7-19(8-12-21)22(26)13-14-24(28)30-16-23(27)25-20-9-5-18(6-10-20)17(2)3/h5-12,17H,4,13-16H2,1-3H3,(H,25,27). The van der Waals surface area contributed by atoms with Crippen LogP contribution in [-0.4, -0.2) is 30.9 Å². The molecule has 0 unspecified atom stereocenters. The number of nitrogens with one attached hydrogen (secondary N) is 1. The van der Waals surface area contributed by atoms with E-state index in [0.717, 1.165) is 6.42 Å². The summed E-state index contributed by atoms with van der Waals surface area (Å²) in [6.45, 7) is 6.44. The predicted molar refractivity (Wildman–Crippen MR) is 116 cm³/mol. The summed E-state index contributed by atoms with van der Waals surface area (Å²) in [6.07, 6.45) is 0.848. The molecule has 0 fully saturated rings. The number of rotatable bonds is 11. The average Bonchev–Trinajstić information content (AvgIpc) is 2.75. The smallest absolute Gasteiger partial charge is 0.306 e. The van der Waals surface area contributed by atoms with Gasteiger partial charge in [-0.2, -0.15) is 0 Å². The van der Waals surface area contributed by atoms with Crippen molar-refractivity contribution in [1.29, 1.82) is 0 Å². The molecule has 1 amide bonds. The van der Waals surface area contributed by atoms with E-state index in [0.29, 0.717) is 29.5 Å². The number of hydrogen-bond donors (Lipinski definition) is 1. The number of Topliss-reactive ketones (excluding diaryl/α,β-unsaturated/α-hetero) is 1. The summed E-state index contributed by atoms with van der Waals surface area (Å²) in [7, 11) is 0. The Bertz CT molecular complexity index is 841. The van der Waals surface area contributed by atoms with Crippen LogP contribution in [0.4, 0.5) is 5.69 Å². The van der Waals surface area contributed by atoms with Gasteiger partial charge in [0.05, 0.1) is 13.0 Å². The van der Waals surface area contributed by atoms with Crippen molar-refractivity contribution in [3.63, 3.8) is 0 Å². The molecular weight excluding hydrogens is 382 g/mol. The quantitative estimate of drug-likeness (QED) is 0.426. The molecule has 0 saturated heterocycles. The Labute approximate surface area is 177 Å². The first-order valence-corrected chi connectivity index (χ1v) is 10.2. The van der Waals surface area contributed by atoms with E-state index in [1.54, 1.807) is 24.3 Å². The second-order valence-electron chi connectivity index (χ2n) is 7.28. The summed E-state index contributed by atoms with van der Waals surface area (Å²) in [6, 6.07) is 14.3. The summed E-state index contributed by atoms with van der Waals surface area (Å²) in [5.74, 6) is -0.0571. The van der Waals surface area contributed by atoms with Crippen LogP contribution in [-0.2, 0) is 14.3 Å². The lowest BCUT2D eigenvalue weighted by Crippen LogP contribution is -2.21. The van der Waals surface area contributed by atoms with Gasteiger partial charge < -0.3 is 14.8 Å². The van der Waals surface area contributed by atoms with Gasteiger partial charge in [0, 0.05) is 17.7 Å². The van der Waals surface area contributed by atoms with Gasteiger partial charge in [-0.15, -0.1) is 0 Å². The van der Waals surface area contributed by atoms with E-state index < -0.39 is 11.9 Å². The predicted octanol–water partition coefficient (Wildman–Crippen LogP) is 4.74. The molecule has 160 valence electrons. The zero-order chi connectivity index (χ0) is 21.9. The third-order valence-electron chi connectivity index (χ3n) is 4.43. The molecule has 0 aliphatic rings. The van der Waals surface area contributed by atoms with Crippen molar-refractivity contribution in [3.8, 4) is 5.75 Å². The largest absolute Gasteiger partial charge is 0.494 e. The molecule has 0 heterocycles. The summed E-state index contributed by atoms with van der Waals surface area (Å²) in [5, 5.41) is 2.68. The maximum Gasteiger partial charge on any atom is 0.306 e. The van der Waals surface area contributed by atoms with Crippen LogP contribution in [0.2, 0.25) is 0 Å². The zero-order valence-electron chi connectivity index (χ0n) is 17.8. The Morgan fingerprint density at radius 2 is 1.60 bits per heavy atom. The molecule has 2 aromatic rings. The van der Waals surface area contributed by atoms with Crippen LogP contribution in [0, 0.1) is 0 Å². The van der Waals surface area contributed by atoms with Crippen LogP contribution in [0.1, 0.15) is 61.9 Å². The molecule has 0 aromatic heterocycles. The monoisotopic (exact) mass is 411 g/mol. The van der Waals surface area contributed by atoms with E-state index >= 15 is 0 Å². The third kappa shape index (κ3) is 7.70. The first-order chi connectivity index (χ1) is 14.4. The first-order valence-electron chi connectivity index (χ1n) is 10.2. The van der Waals surface area contributed by atoms with Crippen LogP contribution in [0.15, 0.2) is 48.5 Å². The maximum absolute atomic E-state index is 12.2. The first kappa shape index (κ1) is 23.1. The number of hydrogen-bond acceptors (Lipinski definition) is 5. The van der Waals surface area contributed by atoms with E-state index in [1.165, 1.54) is 5.56 Å². The Morgan fingerprint density at radius 3 is 2.20 bits per heavy atom. The van der Waals surface area contributed by atoms with E-state index in [9.17, 15) is 14.4 Å². The molecule has 0 aliphatic carbocycles. The summed E-state index contributed by atoms with van der Waals surface area (Å²) in [4.78, 5) is 36.0. The van der Waals surface area contributed by atoms with E-state index in [4.69, 9.17) is 9.47 Å². The van der Waals surface area contributed by atoms with Gasteiger partial charge in [0.2, 0.25) is 0 Å². The van der Waals surface area contributed by atoms with Gasteiger partial charge in [-0.25, -0.2) is 0 Å². The zero-order valence-corrected chi connectivity index (χ0v) is 17.8. The molecule has 0 saturated carbocycles. The van der Waals surface area contributed by atoms with Crippen LogP contribution < -0.4 is 10.1 Å². The molecule has 0 bridgehead atoms. The van der Waals surface area contributed by atoms with Crippen LogP contribution in [0.3, 0.4) is 0 Å². The molecular formula is C24H29NO5. The Kier molecular flexibility index (Phi) is 9.06. The van der Waals surface area contributed by atoms with Gasteiger partial charge >= 0.3 is 5.97 Å². The van der Waals surface area contributed by atoms with Crippen LogP contribution >= 0.6 is 0 Å². The van der Waals surface area contributed by atoms with Gasteiger partial charge in [-0.3, -0.25) is 14.4 Å². The molecule has 30 heavy (non-hydrogen) atoms. The highest BCUT2D eigenvalue weighted by molar-refractivity contribution is 5.98. The van der Waals surface area contributed by atoms with Crippen molar-refractivity contribution < 1.29 is 23.9 Å². The van der Waals surface area contributed by atoms with Crippen molar-refractivity contribution in [1.82, 2.24) is 0 Å². The molecule has 0 aliphatic heterocycles. The van der Waals surface area contributed by atoms with Crippen molar-refractivity contribution in [3.05, 3.63) is 59.7 Å². The lowest BCUT2D eigenvalue weighted by atomic mass is 10.0. The topological polar surface area (TPSA) is 81.7 Å². The van der Waals surface area contributed by atoms with Gasteiger partial charge in [-0.05, 0) is 54.3 Å². The fourth-order valence-corrected chi connectivity index (χ4v) is 2.68. The second kappa shape index (κ2) is 11.8. The highest BCUT2D eigenvalue weighted by Crippen LogP contribution is 2.17. The Balaban J connectivity index is 1.71. The molecule has 0 radical (unpaired) electrons. The number of carbonyl (C=O) groups is 3. The highest BCUT2D eigenvalue weighted by atomic mass is 16.5. The number of carbonyl (C=O) groups excluding carboxylic acids is 3. The lowest BCUT2D eigenvalue weighted by molar-refractivity contribution is -0.147. The van der Waals surface area contributed by atoms with Gasteiger partial charge in [0.15, 0.2) is 12.4 Å². The van der Waals surface area contributed by atoms with E-state index in [1.807, 2.05) is 31.2 Å². The number of ether oxygens (including phenoxy) is 2. The maximum atomic E-state index is 12.2. The van der Waals surface area contributed by atoms with Crippen LogP contribution in [0.5, 0.6) is 5.75 Å². The highest BCUT2D eigenvalue weighted by Gasteiger charge is 2.12. The van der Waals surface area contributed by atoms with Gasteiger partial charge in [0.25, 0.3) is 5.91 Å². The fourth-order valence-electron chi connectivity index (χ4n) is 2.68. The number of esters is 1. The third-order valence-corrected chi connectivity index (χ3v) is 4.43. The van der Waals surface area contributed by atoms with Gasteiger partial charge in [-0.1, -0.05) is 32.9 Å². The van der Waals surface area contributed by atoms with E-state index in [2.05, 4.69) is 19.2 Å². The molecule has 6 heteroatoms. The van der Waals surface area contributed by atoms with Crippen molar-refractivity contribution in [2.45, 2.75) is 46.0 Å². The summed E-state index contributed by atoms with van der Waals surface area (Å²) >= 11 is 0. The minimum atomic E-state index is -0.587. The van der Waals surface area contributed by atoms with Crippen LogP contribution in [0.25, 0.3) is 0 Å². The SMILES string of the molecule is CCCOc1ccc(C(=O)CCC(=O)OCC(=O)Nc2ccc(C(C)C)cc2)cc1. The van der Waals surface area contributed by atoms with Gasteiger partial charge in [0.1, 0.15) is 5.75 Å². The summed E-state index contributed by atoms with van der Waals surface area (Å²) < 4.78 is 10.4. The molecule has 1 N–H and O–H groups in total. The minimum absolute atomic E-state index is 0.0201. The average molecular weight is 411 g/mol. The molecule has 2 aromatic carbocycles. The van der Waals surface area contributed by atoms with E-state index in [-0.39, 0.29) is 25.2 Å². The second-order valence-corrected chi connectivity index (χ2v) is 7.28. The molecule has 0 spiro atoms. The molecule has 2 rings (SSSR count). The Hall–Kier alpha value is -3.15. The lowest BCUT2D eigenvalue weighted by Gasteiger charge is -2.09. The number of amides is 1. The van der Waals surface area contributed by atoms with Crippen molar-refractivity contribution in [2.24, 2.45) is 0 Å². The number of anilines is 1. The summed E-state index contributed by atoms with van der Waals surface area (Å²) in [5.41, 5.74) is 2.32. The van der Waals surface area contributed by atoms with Crippen molar-refractivity contribution in [2.75, 3.05) is 18.5 Å². The number of ketones is 1.